The fourth-order valence-electron chi connectivity index (χ4n) is 1.87. The smallest absolute Gasteiger partial charge is 0.122 e. The normalized spacial score (nSPS) is 12.4. The molecule has 0 fully saturated rings. The molecule has 0 saturated heterocycles. The Kier molecular flexibility index (Phi) is 7.40. The largest absolute Gasteiger partial charge is 0.303 e. The first kappa shape index (κ1) is 16.5. The minimum absolute atomic E-state index is 0.365. The average molecular weight is 345 g/mol. The number of nitriles is 1. The molecule has 0 radical (unpaired) electrons. The summed E-state index contributed by atoms with van der Waals surface area (Å²) in [7, 11) is 0. The van der Waals surface area contributed by atoms with Gasteiger partial charge < -0.3 is 4.90 Å². The molecule has 3 nitrogen and oxygen atoms in total. The van der Waals surface area contributed by atoms with Crippen LogP contribution in [0.25, 0.3) is 0 Å². The highest BCUT2D eigenvalue weighted by atomic mass is 79.9. The third-order valence-corrected chi connectivity index (χ3v) is 3.89. The van der Waals surface area contributed by atoms with E-state index in [9.17, 15) is 5.26 Å². The molecule has 1 N–H and O–H groups in total. The zero-order valence-corrected chi connectivity index (χ0v) is 13.6. The molecule has 0 aliphatic rings. The standard InChI is InChI=1S/C14H19BrClN3/c1-3-19(4-2)8-7-18-14(10-17)12-6-5-11(15)9-13(12)16/h5-6,9,14,18H,3-4,7-8H2,1-2H3. The van der Waals surface area contributed by atoms with Crippen LogP contribution in [0.15, 0.2) is 22.7 Å². The Morgan fingerprint density at radius 1 is 1.42 bits per heavy atom. The number of nitrogens with one attached hydrogen (secondary N) is 1. The van der Waals surface area contributed by atoms with Crippen molar-refractivity contribution in [2.45, 2.75) is 19.9 Å². The van der Waals surface area contributed by atoms with E-state index >= 15 is 0 Å². The molecule has 5 heteroatoms. The molecule has 0 bridgehead atoms. The van der Waals surface area contributed by atoms with Crippen molar-refractivity contribution < 1.29 is 0 Å². The summed E-state index contributed by atoms with van der Waals surface area (Å²) in [5.74, 6) is 0. The Balaban J connectivity index is 2.61. The van der Waals surface area contributed by atoms with Gasteiger partial charge >= 0.3 is 0 Å². The van der Waals surface area contributed by atoms with E-state index in [1.54, 1.807) is 0 Å². The van der Waals surface area contributed by atoms with Gasteiger partial charge in [0.25, 0.3) is 0 Å². The van der Waals surface area contributed by atoms with E-state index in [1.807, 2.05) is 18.2 Å². The lowest BCUT2D eigenvalue weighted by Gasteiger charge is -2.20. The van der Waals surface area contributed by atoms with Gasteiger partial charge in [0.05, 0.1) is 6.07 Å². The quantitative estimate of drug-likeness (QED) is 0.821. The second kappa shape index (κ2) is 8.55. The highest BCUT2D eigenvalue weighted by Gasteiger charge is 2.13. The van der Waals surface area contributed by atoms with E-state index < -0.39 is 0 Å². The van der Waals surface area contributed by atoms with Gasteiger partial charge in [-0.25, -0.2) is 0 Å². The van der Waals surface area contributed by atoms with Crippen molar-refractivity contribution in [3.05, 3.63) is 33.3 Å². The van der Waals surface area contributed by atoms with Gasteiger partial charge in [0.15, 0.2) is 0 Å². The van der Waals surface area contributed by atoms with E-state index in [2.05, 4.69) is 46.1 Å². The molecule has 1 unspecified atom stereocenters. The van der Waals surface area contributed by atoms with Crippen LogP contribution in [0, 0.1) is 11.3 Å². The molecule has 0 aliphatic carbocycles. The molecule has 1 aromatic rings. The molecular formula is C14H19BrClN3. The monoisotopic (exact) mass is 343 g/mol. The van der Waals surface area contributed by atoms with E-state index in [-0.39, 0.29) is 6.04 Å². The van der Waals surface area contributed by atoms with Gasteiger partial charge in [-0.1, -0.05) is 47.4 Å². The Morgan fingerprint density at radius 3 is 2.63 bits per heavy atom. The van der Waals surface area contributed by atoms with Crippen molar-refractivity contribution >= 4 is 27.5 Å². The number of benzene rings is 1. The van der Waals surface area contributed by atoms with Crippen LogP contribution in [0.5, 0.6) is 0 Å². The first-order valence-electron chi connectivity index (χ1n) is 6.42. The maximum Gasteiger partial charge on any atom is 0.122 e. The molecule has 0 aliphatic heterocycles. The SMILES string of the molecule is CCN(CC)CCNC(C#N)c1ccc(Br)cc1Cl. The maximum absolute atomic E-state index is 9.26. The van der Waals surface area contributed by atoms with Crippen LogP contribution in [0.3, 0.4) is 0 Å². The summed E-state index contributed by atoms with van der Waals surface area (Å²) in [4.78, 5) is 2.31. The predicted molar refractivity (Wildman–Crippen MR) is 83.3 cm³/mol. The third kappa shape index (κ3) is 5.12. The topological polar surface area (TPSA) is 39.1 Å². The zero-order valence-electron chi connectivity index (χ0n) is 11.3. The van der Waals surface area contributed by atoms with Gasteiger partial charge in [-0.3, -0.25) is 5.32 Å². The van der Waals surface area contributed by atoms with Crippen LogP contribution in [0.2, 0.25) is 5.02 Å². The summed E-state index contributed by atoms with van der Waals surface area (Å²) < 4.78 is 0.918. The minimum Gasteiger partial charge on any atom is -0.303 e. The van der Waals surface area contributed by atoms with Crippen LogP contribution >= 0.6 is 27.5 Å². The first-order valence-corrected chi connectivity index (χ1v) is 7.59. The van der Waals surface area contributed by atoms with Gasteiger partial charge in [0.2, 0.25) is 0 Å². The molecule has 1 atom stereocenters. The second-order valence-corrected chi connectivity index (χ2v) is 5.53. The Hall–Kier alpha value is -0.600. The Bertz CT molecular complexity index is 441. The number of hydrogen-bond donors (Lipinski definition) is 1. The molecule has 104 valence electrons. The van der Waals surface area contributed by atoms with Gasteiger partial charge in [0.1, 0.15) is 6.04 Å². The summed E-state index contributed by atoms with van der Waals surface area (Å²) in [6.45, 7) is 8.02. The van der Waals surface area contributed by atoms with Crippen molar-refractivity contribution in [1.29, 1.82) is 5.26 Å². The van der Waals surface area contributed by atoms with E-state index in [4.69, 9.17) is 11.6 Å². The van der Waals surface area contributed by atoms with Crippen LogP contribution in [-0.2, 0) is 0 Å². The summed E-state index contributed by atoms with van der Waals surface area (Å²) in [6.07, 6.45) is 0. The zero-order chi connectivity index (χ0) is 14.3. The van der Waals surface area contributed by atoms with Gasteiger partial charge in [-0.2, -0.15) is 5.26 Å². The first-order chi connectivity index (χ1) is 9.12. The third-order valence-electron chi connectivity index (χ3n) is 3.07. The predicted octanol–water partition coefficient (Wildman–Crippen LogP) is 3.60. The van der Waals surface area contributed by atoms with Crippen molar-refractivity contribution in [1.82, 2.24) is 10.2 Å². The van der Waals surface area contributed by atoms with E-state index in [0.29, 0.717) is 5.02 Å². The molecule has 1 rings (SSSR count). The van der Waals surface area contributed by atoms with Gasteiger partial charge in [0, 0.05) is 28.1 Å². The van der Waals surface area contributed by atoms with Crippen molar-refractivity contribution in [2.75, 3.05) is 26.2 Å². The number of nitrogens with zero attached hydrogens (tertiary/aromatic N) is 2. The molecule has 0 aromatic heterocycles. The Labute approximate surface area is 128 Å². The second-order valence-electron chi connectivity index (χ2n) is 4.21. The van der Waals surface area contributed by atoms with Gasteiger partial charge in [-0.05, 0) is 25.2 Å². The minimum atomic E-state index is -0.365. The lowest BCUT2D eigenvalue weighted by molar-refractivity contribution is 0.300. The number of rotatable bonds is 7. The average Bonchev–Trinajstić information content (AvgIpc) is 2.40. The fourth-order valence-corrected chi connectivity index (χ4v) is 2.65. The van der Waals surface area contributed by atoms with Crippen molar-refractivity contribution in [2.24, 2.45) is 0 Å². The lowest BCUT2D eigenvalue weighted by atomic mass is 10.1. The highest BCUT2D eigenvalue weighted by molar-refractivity contribution is 9.10. The van der Waals surface area contributed by atoms with Crippen LogP contribution in [0.1, 0.15) is 25.5 Å². The maximum atomic E-state index is 9.26. The van der Waals surface area contributed by atoms with Crippen molar-refractivity contribution in [3.63, 3.8) is 0 Å². The molecule has 19 heavy (non-hydrogen) atoms. The highest BCUT2D eigenvalue weighted by Crippen LogP contribution is 2.26. The number of halogens is 2. The van der Waals surface area contributed by atoms with Crippen LogP contribution in [0.4, 0.5) is 0 Å². The molecule has 0 spiro atoms. The van der Waals surface area contributed by atoms with E-state index in [0.717, 1.165) is 36.2 Å². The lowest BCUT2D eigenvalue weighted by Crippen LogP contribution is -2.33. The molecule has 0 amide bonds. The summed E-state index contributed by atoms with van der Waals surface area (Å²) in [6, 6.07) is 7.49. The molecular weight excluding hydrogens is 326 g/mol. The van der Waals surface area contributed by atoms with Crippen LogP contribution < -0.4 is 5.32 Å². The summed E-state index contributed by atoms with van der Waals surface area (Å²) in [5.41, 5.74) is 0.826. The molecule has 1 aromatic carbocycles. The Morgan fingerprint density at radius 2 is 2.11 bits per heavy atom. The van der Waals surface area contributed by atoms with Crippen molar-refractivity contribution in [3.8, 4) is 6.07 Å². The summed E-state index contributed by atoms with van der Waals surface area (Å²) >= 11 is 9.53. The van der Waals surface area contributed by atoms with Crippen LogP contribution in [-0.4, -0.2) is 31.1 Å². The molecule has 0 saturated carbocycles. The van der Waals surface area contributed by atoms with Gasteiger partial charge in [-0.15, -0.1) is 0 Å². The molecule has 0 heterocycles. The fraction of sp³-hybridized carbons (Fsp3) is 0.500. The summed E-state index contributed by atoms with van der Waals surface area (Å²) in [5, 5.41) is 13.1. The number of hydrogen-bond acceptors (Lipinski definition) is 3. The van der Waals surface area contributed by atoms with E-state index in [1.165, 1.54) is 0 Å². The number of likely N-dealkylation sites (N-methyl/N-ethyl adjacent to an activating group) is 1.